The molecule has 2 aromatic rings. The second kappa shape index (κ2) is 6.44. The predicted octanol–water partition coefficient (Wildman–Crippen LogP) is 4.25. The number of nitrogens with zero attached hydrogens (tertiary/aromatic N) is 1. The molecule has 0 aliphatic carbocycles. The van der Waals surface area contributed by atoms with Crippen molar-refractivity contribution in [1.82, 2.24) is 0 Å². The van der Waals surface area contributed by atoms with Crippen LogP contribution in [0.25, 0.3) is 0 Å². The van der Waals surface area contributed by atoms with Gasteiger partial charge in [0.2, 0.25) is 0 Å². The minimum absolute atomic E-state index is 0.590. The molecule has 0 unspecified atom stereocenters. The van der Waals surface area contributed by atoms with E-state index in [1.165, 1.54) is 11.1 Å². The molecule has 0 saturated heterocycles. The van der Waals surface area contributed by atoms with Crippen molar-refractivity contribution in [3.63, 3.8) is 0 Å². The first-order valence-electron chi connectivity index (χ1n) is 6.21. The van der Waals surface area contributed by atoms with E-state index in [1.54, 1.807) is 19.2 Å². The number of anilines is 1. The van der Waals surface area contributed by atoms with Gasteiger partial charge in [-0.15, -0.1) is 0 Å². The summed E-state index contributed by atoms with van der Waals surface area (Å²) in [6.45, 7) is 2.77. The summed E-state index contributed by atoms with van der Waals surface area (Å²) in [7, 11) is 1.60. The number of rotatable bonds is 4. The standard InChI is InChI=1S/C16H15BrN2O/c1-11-7-13(3-5-14(11)17)10-19-15-6-4-12(9-18)8-16(15)20-2/h3-8,19H,10H2,1-2H3. The van der Waals surface area contributed by atoms with Crippen LogP contribution in [0.4, 0.5) is 5.69 Å². The van der Waals surface area contributed by atoms with Crippen LogP contribution in [0.2, 0.25) is 0 Å². The maximum absolute atomic E-state index is 8.88. The van der Waals surface area contributed by atoms with Gasteiger partial charge in [-0.05, 0) is 36.2 Å². The lowest BCUT2D eigenvalue weighted by molar-refractivity contribution is 0.416. The van der Waals surface area contributed by atoms with E-state index in [4.69, 9.17) is 10.00 Å². The highest BCUT2D eigenvalue weighted by molar-refractivity contribution is 9.10. The minimum Gasteiger partial charge on any atom is -0.495 e. The molecule has 0 bridgehead atoms. The molecule has 0 aliphatic rings. The highest BCUT2D eigenvalue weighted by Crippen LogP contribution is 2.26. The Kier molecular flexibility index (Phi) is 4.65. The third kappa shape index (κ3) is 3.31. The summed E-state index contributed by atoms with van der Waals surface area (Å²) in [6.07, 6.45) is 0. The maximum Gasteiger partial charge on any atom is 0.143 e. The van der Waals surface area contributed by atoms with E-state index in [-0.39, 0.29) is 0 Å². The fourth-order valence-corrected chi connectivity index (χ4v) is 2.17. The largest absolute Gasteiger partial charge is 0.495 e. The van der Waals surface area contributed by atoms with Crippen molar-refractivity contribution in [2.45, 2.75) is 13.5 Å². The zero-order chi connectivity index (χ0) is 14.5. The third-order valence-corrected chi connectivity index (χ3v) is 3.93. The van der Waals surface area contributed by atoms with Crippen LogP contribution in [0, 0.1) is 18.3 Å². The van der Waals surface area contributed by atoms with Gasteiger partial charge >= 0.3 is 0 Å². The summed E-state index contributed by atoms with van der Waals surface area (Å²) in [5.74, 6) is 0.679. The van der Waals surface area contributed by atoms with Gasteiger partial charge in [0, 0.05) is 17.1 Å². The maximum atomic E-state index is 8.88. The Morgan fingerprint density at radius 2 is 2.05 bits per heavy atom. The van der Waals surface area contributed by atoms with E-state index in [1.807, 2.05) is 12.1 Å². The smallest absolute Gasteiger partial charge is 0.143 e. The van der Waals surface area contributed by atoms with Gasteiger partial charge in [-0.25, -0.2) is 0 Å². The van der Waals surface area contributed by atoms with Crippen molar-refractivity contribution in [1.29, 1.82) is 5.26 Å². The number of benzene rings is 2. The molecule has 1 N–H and O–H groups in total. The van der Waals surface area contributed by atoms with Crippen molar-refractivity contribution < 1.29 is 4.74 Å². The first-order valence-corrected chi connectivity index (χ1v) is 7.00. The second-order valence-electron chi connectivity index (χ2n) is 4.46. The molecule has 2 aromatic carbocycles. The van der Waals surface area contributed by atoms with E-state index >= 15 is 0 Å². The van der Waals surface area contributed by atoms with Gasteiger partial charge in [-0.1, -0.05) is 28.1 Å². The summed E-state index contributed by atoms with van der Waals surface area (Å²) < 4.78 is 6.41. The Hall–Kier alpha value is -1.99. The molecule has 0 radical (unpaired) electrons. The molecule has 0 aromatic heterocycles. The Balaban J connectivity index is 2.14. The molecular weight excluding hydrogens is 316 g/mol. The average Bonchev–Trinajstić information content (AvgIpc) is 2.48. The molecule has 0 spiro atoms. The first-order chi connectivity index (χ1) is 9.63. The van der Waals surface area contributed by atoms with Crippen molar-refractivity contribution in [2.75, 3.05) is 12.4 Å². The lowest BCUT2D eigenvalue weighted by Crippen LogP contribution is -2.02. The van der Waals surface area contributed by atoms with Crippen LogP contribution >= 0.6 is 15.9 Å². The van der Waals surface area contributed by atoms with E-state index < -0.39 is 0 Å². The number of hydrogen-bond acceptors (Lipinski definition) is 3. The summed E-state index contributed by atoms with van der Waals surface area (Å²) >= 11 is 3.49. The fraction of sp³-hybridized carbons (Fsp3) is 0.188. The van der Waals surface area contributed by atoms with Gasteiger partial charge in [0.15, 0.2) is 0 Å². The molecular formula is C16H15BrN2O. The van der Waals surface area contributed by atoms with Gasteiger partial charge in [0.1, 0.15) is 5.75 Å². The van der Waals surface area contributed by atoms with Crippen LogP contribution in [-0.2, 0) is 6.54 Å². The average molecular weight is 331 g/mol. The Morgan fingerprint density at radius 3 is 2.70 bits per heavy atom. The Labute approximate surface area is 127 Å². The van der Waals surface area contributed by atoms with Crippen LogP contribution in [-0.4, -0.2) is 7.11 Å². The van der Waals surface area contributed by atoms with Crippen LogP contribution in [0.3, 0.4) is 0 Å². The predicted molar refractivity (Wildman–Crippen MR) is 83.9 cm³/mol. The molecule has 0 atom stereocenters. The zero-order valence-corrected chi connectivity index (χ0v) is 13.0. The Morgan fingerprint density at radius 1 is 1.25 bits per heavy atom. The van der Waals surface area contributed by atoms with E-state index in [9.17, 15) is 0 Å². The highest BCUT2D eigenvalue weighted by atomic mass is 79.9. The quantitative estimate of drug-likeness (QED) is 0.911. The fourth-order valence-electron chi connectivity index (χ4n) is 1.92. The van der Waals surface area contributed by atoms with Gasteiger partial charge in [0.25, 0.3) is 0 Å². The van der Waals surface area contributed by atoms with E-state index in [0.717, 1.165) is 10.2 Å². The molecule has 0 aliphatic heterocycles. The lowest BCUT2D eigenvalue weighted by atomic mass is 10.1. The SMILES string of the molecule is COc1cc(C#N)ccc1NCc1ccc(Br)c(C)c1. The van der Waals surface area contributed by atoms with E-state index in [2.05, 4.69) is 46.4 Å². The van der Waals surface area contributed by atoms with Crippen LogP contribution < -0.4 is 10.1 Å². The molecule has 4 heteroatoms. The lowest BCUT2D eigenvalue weighted by Gasteiger charge is -2.12. The van der Waals surface area contributed by atoms with Crippen LogP contribution in [0.15, 0.2) is 40.9 Å². The molecule has 0 amide bonds. The van der Waals surface area contributed by atoms with Crippen LogP contribution in [0.5, 0.6) is 5.75 Å². The van der Waals surface area contributed by atoms with Gasteiger partial charge < -0.3 is 10.1 Å². The number of nitriles is 1. The number of methoxy groups -OCH3 is 1. The molecule has 0 fully saturated rings. The number of ether oxygens (including phenoxy) is 1. The van der Waals surface area contributed by atoms with Crippen LogP contribution in [0.1, 0.15) is 16.7 Å². The van der Waals surface area contributed by atoms with Gasteiger partial charge in [-0.3, -0.25) is 0 Å². The number of hydrogen-bond donors (Lipinski definition) is 1. The number of aryl methyl sites for hydroxylation is 1. The molecule has 0 heterocycles. The second-order valence-corrected chi connectivity index (χ2v) is 5.32. The normalized spacial score (nSPS) is 9.90. The van der Waals surface area contributed by atoms with E-state index in [0.29, 0.717) is 17.9 Å². The molecule has 20 heavy (non-hydrogen) atoms. The highest BCUT2D eigenvalue weighted by Gasteiger charge is 2.04. The summed E-state index contributed by atoms with van der Waals surface area (Å²) in [5.41, 5.74) is 3.87. The topological polar surface area (TPSA) is 45.0 Å². The number of nitrogens with one attached hydrogen (secondary N) is 1. The molecule has 2 rings (SSSR count). The number of halogens is 1. The zero-order valence-electron chi connectivity index (χ0n) is 11.4. The molecule has 0 saturated carbocycles. The third-order valence-electron chi connectivity index (χ3n) is 3.04. The van der Waals surface area contributed by atoms with Crippen molar-refractivity contribution >= 4 is 21.6 Å². The minimum atomic E-state index is 0.590. The van der Waals surface area contributed by atoms with Crippen molar-refractivity contribution in [2.24, 2.45) is 0 Å². The summed E-state index contributed by atoms with van der Waals surface area (Å²) in [6, 6.07) is 13.7. The summed E-state index contributed by atoms with van der Waals surface area (Å²) in [4.78, 5) is 0. The molecule has 3 nitrogen and oxygen atoms in total. The summed E-state index contributed by atoms with van der Waals surface area (Å²) in [5, 5.41) is 12.2. The van der Waals surface area contributed by atoms with Crippen molar-refractivity contribution in [3.05, 3.63) is 57.6 Å². The van der Waals surface area contributed by atoms with Gasteiger partial charge in [0.05, 0.1) is 24.4 Å². The molecule has 102 valence electrons. The van der Waals surface area contributed by atoms with Crippen molar-refractivity contribution in [3.8, 4) is 11.8 Å². The monoisotopic (exact) mass is 330 g/mol. The van der Waals surface area contributed by atoms with Gasteiger partial charge in [-0.2, -0.15) is 5.26 Å². The Bertz CT molecular complexity index is 662. The first kappa shape index (κ1) is 14.4.